The summed E-state index contributed by atoms with van der Waals surface area (Å²) < 4.78 is 8.46. The maximum Gasteiger partial charge on any atom is 0.320 e. The zero-order valence-electron chi connectivity index (χ0n) is 16.3. The molecule has 0 aliphatic carbocycles. The van der Waals surface area contributed by atoms with E-state index in [1.54, 1.807) is 51.0 Å². The number of nitrogens with zero attached hydrogens (tertiary/aromatic N) is 1. The fraction of sp³-hybridized carbons (Fsp3) is 0.125. The number of aromatic nitrogens is 1. The summed E-state index contributed by atoms with van der Waals surface area (Å²) >= 11 is 5.19. The van der Waals surface area contributed by atoms with Crippen molar-refractivity contribution in [3.05, 3.63) is 93.6 Å². The minimum absolute atomic E-state index is 0.0341. The van der Waals surface area contributed by atoms with Gasteiger partial charge in [-0.3, -0.25) is 9.59 Å². The highest BCUT2D eigenvalue weighted by Gasteiger charge is 2.33. The number of hydrogen-bond acceptors (Lipinski definition) is 6. The van der Waals surface area contributed by atoms with Gasteiger partial charge in [0.1, 0.15) is 9.57 Å². The summed E-state index contributed by atoms with van der Waals surface area (Å²) in [6, 6.07) is 22.3. The summed E-state index contributed by atoms with van der Waals surface area (Å²) in [6.07, 6.45) is 0.625. The lowest BCUT2D eigenvalue weighted by atomic mass is 10.1. The first-order valence-corrected chi connectivity index (χ1v) is 12.4. The average Bonchev–Trinajstić information content (AvgIpc) is 3.51. The van der Waals surface area contributed by atoms with Gasteiger partial charge in [0.2, 0.25) is 5.78 Å². The number of rotatable bonds is 5. The maximum atomic E-state index is 12.9. The number of carbonyl (C=O) groups excluding carboxylic acids is 2. The number of carbonyl (C=O) groups is 2. The topological polar surface area (TPSA) is 48.3 Å². The van der Waals surface area contributed by atoms with Crippen LogP contribution in [0.5, 0.6) is 5.75 Å². The van der Waals surface area contributed by atoms with E-state index in [9.17, 15) is 9.59 Å². The Labute approximate surface area is 191 Å². The Balaban J connectivity index is 1.32. The first kappa shape index (κ1) is 20.1. The SMILES string of the molecule is O=C(c1ccccc1)c1ccc2n1CCC2C(=O)Oc1ccc(-c2cc(=S)ss2)cc1. The van der Waals surface area contributed by atoms with E-state index in [4.69, 9.17) is 17.0 Å². The Kier molecular flexibility index (Phi) is 5.40. The molecule has 0 saturated heterocycles. The highest BCUT2D eigenvalue weighted by atomic mass is 32.9. The third-order valence-electron chi connectivity index (χ3n) is 5.39. The van der Waals surface area contributed by atoms with Crippen LogP contribution in [-0.2, 0) is 11.3 Å². The number of benzene rings is 2. The molecule has 1 aliphatic rings. The van der Waals surface area contributed by atoms with Gasteiger partial charge < -0.3 is 9.30 Å². The minimum atomic E-state index is -0.376. The summed E-state index contributed by atoms with van der Waals surface area (Å²) in [7, 11) is 3.21. The largest absolute Gasteiger partial charge is 0.426 e. The molecule has 31 heavy (non-hydrogen) atoms. The Hall–Kier alpha value is -2.87. The van der Waals surface area contributed by atoms with Crippen LogP contribution in [-0.4, -0.2) is 16.3 Å². The van der Waals surface area contributed by atoms with Gasteiger partial charge in [-0.2, -0.15) is 0 Å². The first-order valence-electron chi connectivity index (χ1n) is 9.81. The van der Waals surface area contributed by atoms with Gasteiger partial charge in [-0.15, -0.1) is 0 Å². The molecule has 1 aliphatic heterocycles. The molecule has 1 atom stereocenters. The summed E-state index contributed by atoms with van der Waals surface area (Å²) in [5.74, 6) is -0.195. The van der Waals surface area contributed by atoms with E-state index in [1.165, 1.54) is 0 Å². The van der Waals surface area contributed by atoms with Gasteiger partial charge in [-0.05, 0) is 54.4 Å². The van der Waals surface area contributed by atoms with Crippen molar-refractivity contribution in [2.75, 3.05) is 0 Å². The molecule has 1 unspecified atom stereocenters. The quantitative estimate of drug-likeness (QED) is 0.114. The Bertz CT molecular complexity index is 1320. The van der Waals surface area contributed by atoms with Crippen LogP contribution < -0.4 is 4.74 Å². The highest BCUT2D eigenvalue weighted by molar-refractivity contribution is 7.80. The molecule has 0 bridgehead atoms. The molecule has 5 rings (SSSR count). The normalized spacial score (nSPS) is 14.9. The van der Waals surface area contributed by atoms with Crippen molar-refractivity contribution in [2.45, 2.75) is 18.9 Å². The number of hydrogen-bond donors (Lipinski definition) is 0. The fourth-order valence-corrected chi connectivity index (χ4v) is 6.27. The molecule has 0 radical (unpaired) electrons. The van der Waals surface area contributed by atoms with Gasteiger partial charge >= 0.3 is 5.97 Å². The predicted octanol–water partition coefficient (Wildman–Crippen LogP) is 6.33. The number of fused-ring (bicyclic) bond motifs is 1. The molecule has 2 aromatic heterocycles. The lowest BCUT2D eigenvalue weighted by molar-refractivity contribution is -0.136. The molecule has 0 spiro atoms. The lowest BCUT2D eigenvalue weighted by Crippen LogP contribution is -2.16. The molecule has 0 N–H and O–H groups in total. The second-order valence-electron chi connectivity index (χ2n) is 7.27. The molecule has 0 fully saturated rings. The van der Waals surface area contributed by atoms with Crippen LogP contribution in [0, 0.1) is 3.82 Å². The summed E-state index contributed by atoms with van der Waals surface area (Å²) in [5.41, 5.74) is 3.14. The standard InChI is InChI=1S/C24H17NO3S3/c26-23(16-4-2-1-3-5-16)20-11-10-19-18(12-13-25(19)20)24(27)28-17-8-6-15(7-9-17)21-14-22(29)31-30-21/h1-11,14,18H,12-13H2. The Morgan fingerprint density at radius 3 is 2.45 bits per heavy atom. The van der Waals surface area contributed by atoms with E-state index < -0.39 is 0 Å². The van der Waals surface area contributed by atoms with E-state index in [0.29, 0.717) is 30.0 Å². The van der Waals surface area contributed by atoms with Crippen molar-refractivity contribution >= 4 is 44.7 Å². The van der Waals surface area contributed by atoms with Gasteiger partial charge in [0.25, 0.3) is 0 Å². The van der Waals surface area contributed by atoms with Crippen molar-refractivity contribution in [1.82, 2.24) is 4.57 Å². The van der Waals surface area contributed by atoms with Crippen LogP contribution in [0.25, 0.3) is 10.4 Å². The number of ether oxygens (including phenoxy) is 1. The van der Waals surface area contributed by atoms with Gasteiger partial charge in [0.15, 0.2) is 0 Å². The third kappa shape index (κ3) is 3.92. The van der Waals surface area contributed by atoms with Crippen LogP contribution in [0.15, 0.2) is 72.8 Å². The van der Waals surface area contributed by atoms with E-state index >= 15 is 0 Å². The smallest absolute Gasteiger partial charge is 0.320 e. The number of ketones is 1. The van der Waals surface area contributed by atoms with Crippen molar-refractivity contribution in [1.29, 1.82) is 0 Å². The van der Waals surface area contributed by atoms with Crippen LogP contribution in [0.1, 0.15) is 34.1 Å². The van der Waals surface area contributed by atoms with E-state index in [0.717, 1.165) is 20.0 Å². The van der Waals surface area contributed by atoms with Crippen LogP contribution >= 0.6 is 32.9 Å². The van der Waals surface area contributed by atoms with E-state index in [1.807, 2.05) is 47.0 Å². The minimum Gasteiger partial charge on any atom is -0.426 e. The zero-order valence-corrected chi connectivity index (χ0v) is 18.8. The molecule has 0 amide bonds. The molecule has 3 heterocycles. The number of esters is 1. The summed E-state index contributed by atoms with van der Waals surface area (Å²) in [4.78, 5) is 26.8. The second-order valence-corrected chi connectivity index (χ2v) is 10.2. The molecule has 154 valence electrons. The molecule has 4 aromatic rings. The van der Waals surface area contributed by atoms with Gasteiger partial charge in [0, 0.05) is 22.7 Å². The molecule has 2 aromatic carbocycles. The lowest BCUT2D eigenvalue weighted by Gasteiger charge is -2.10. The third-order valence-corrected chi connectivity index (χ3v) is 8.30. The van der Waals surface area contributed by atoms with Crippen LogP contribution in [0.4, 0.5) is 0 Å². The summed E-state index contributed by atoms with van der Waals surface area (Å²) in [6.45, 7) is 0.623. The van der Waals surface area contributed by atoms with Gasteiger partial charge in [0.05, 0.1) is 11.6 Å². The van der Waals surface area contributed by atoms with E-state index in [-0.39, 0.29) is 17.7 Å². The van der Waals surface area contributed by atoms with E-state index in [2.05, 4.69) is 0 Å². The monoisotopic (exact) mass is 463 g/mol. The molecule has 0 saturated carbocycles. The van der Waals surface area contributed by atoms with Gasteiger partial charge in [-0.25, -0.2) is 0 Å². The first-order chi connectivity index (χ1) is 15.1. The van der Waals surface area contributed by atoms with Crippen LogP contribution in [0.2, 0.25) is 0 Å². The predicted molar refractivity (Wildman–Crippen MR) is 126 cm³/mol. The Morgan fingerprint density at radius 2 is 1.74 bits per heavy atom. The molecular formula is C24H17NO3S3. The highest BCUT2D eigenvalue weighted by Crippen LogP contribution is 2.34. The molecule has 7 heteroatoms. The average molecular weight is 464 g/mol. The molecule has 4 nitrogen and oxygen atoms in total. The van der Waals surface area contributed by atoms with Crippen molar-refractivity contribution in [3.8, 4) is 16.2 Å². The van der Waals surface area contributed by atoms with Crippen molar-refractivity contribution in [2.24, 2.45) is 0 Å². The second kappa shape index (κ2) is 8.34. The molecular weight excluding hydrogens is 446 g/mol. The maximum absolute atomic E-state index is 12.9. The fourth-order valence-electron chi connectivity index (χ4n) is 3.86. The van der Waals surface area contributed by atoms with Crippen molar-refractivity contribution in [3.63, 3.8) is 0 Å². The van der Waals surface area contributed by atoms with Crippen molar-refractivity contribution < 1.29 is 14.3 Å². The Morgan fingerprint density at radius 1 is 0.968 bits per heavy atom. The van der Waals surface area contributed by atoms with Crippen LogP contribution in [0.3, 0.4) is 0 Å². The summed E-state index contributed by atoms with van der Waals surface area (Å²) in [5, 5.41) is 0. The van der Waals surface area contributed by atoms with Gasteiger partial charge in [-0.1, -0.05) is 63.2 Å². The zero-order chi connectivity index (χ0) is 21.4.